The average molecular weight is 405 g/mol. The maximum Gasteiger partial charge on any atom is 0.252 e. The Hall–Kier alpha value is -3.05. The zero-order valence-corrected chi connectivity index (χ0v) is 17.1. The molecule has 0 aromatic heterocycles. The number of hydrogen-bond donors (Lipinski definition) is 2. The lowest BCUT2D eigenvalue weighted by Gasteiger charge is -2.31. The van der Waals surface area contributed by atoms with Crippen LogP contribution in [0.15, 0.2) is 89.8 Å². The Kier molecular flexibility index (Phi) is 6.73. The first-order valence-corrected chi connectivity index (χ1v) is 10.4. The number of nitrogens with one attached hydrogen (secondary N) is 1. The van der Waals surface area contributed by atoms with E-state index in [9.17, 15) is 9.59 Å². The van der Waals surface area contributed by atoms with Crippen LogP contribution in [0.25, 0.3) is 0 Å². The number of carbonyl (C=O) groups excluding carboxylic acids is 2. The van der Waals surface area contributed by atoms with Crippen LogP contribution >= 0.6 is 11.8 Å². The SMILES string of the molecule is CC(CNC(=O)c1ccccc1SCC(N)=O)(c1ccccc1)c1ccccc1. The lowest BCUT2D eigenvalue weighted by atomic mass is 9.76. The molecule has 0 radical (unpaired) electrons. The van der Waals surface area contributed by atoms with Crippen LogP contribution in [0.1, 0.15) is 28.4 Å². The van der Waals surface area contributed by atoms with E-state index in [4.69, 9.17) is 5.73 Å². The zero-order chi connectivity index (χ0) is 20.7. The van der Waals surface area contributed by atoms with Gasteiger partial charge >= 0.3 is 0 Å². The van der Waals surface area contributed by atoms with Crippen molar-refractivity contribution < 1.29 is 9.59 Å². The van der Waals surface area contributed by atoms with Gasteiger partial charge in [-0.25, -0.2) is 0 Å². The van der Waals surface area contributed by atoms with Crippen molar-refractivity contribution in [2.45, 2.75) is 17.2 Å². The van der Waals surface area contributed by atoms with Crippen LogP contribution in [0.3, 0.4) is 0 Å². The molecule has 0 fully saturated rings. The quantitative estimate of drug-likeness (QED) is 0.558. The minimum absolute atomic E-state index is 0.135. The van der Waals surface area contributed by atoms with Crippen molar-refractivity contribution in [1.29, 1.82) is 0 Å². The number of benzene rings is 3. The normalized spacial score (nSPS) is 11.1. The number of carbonyl (C=O) groups is 2. The second-order valence-electron chi connectivity index (χ2n) is 7.00. The topological polar surface area (TPSA) is 72.2 Å². The Balaban J connectivity index is 1.84. The highest BCUT2D eigenvalue weighted by atomic mass is 32.2. The maximum atomic E-state index is 13.0. The second-order valence-corrected chi connectivity index (χ2v) is 8.02. The van der Waals surface area contributed by atoms with Crippen LogP contribution < -0.4 is 11.1 Å². The Morgan fingerprint density at radius 1 is 0.862 bits per heavy atom. The van der Waals surface area contributed by atoms with Gasteiger partial charge in [-0.15, -0.1) is 11.8 Å². The Labute approximate surface area is 175 Å². The highest BCUT2D eigenvalue weighted by molar-refractivity contribution is 8.00. The summed E-state index contributed by atoms with van der Waals surface area (Å²) in [5.74, 6) is -0.447. The summed E-state index contributed by atoms with van der Waals surface area (Å²) in [5, 5.41) is 3.10. The fourth-order valence-corrected chi connectivity index (χ4v) is 4.05. The molecule has 0 saturated heterocycles. The number of nitrogens with two attached hydrogens (primary N) is 1. The standard InChI is InChI=1S/C24H24N2O2S/c1-24(18-10-4-2-5-11-18,19-12-6-3-7-13-19)17-26-23(28)20-14-8-9-15-21(20)29-16-22(25)27/h2-15H,16-17H2,1H3,(H2,25,27)(H,26,28). The molecule has 0 aliphatic carbocycles. The van der Waals surface area contributed by atoms with E-state index < -0.39 is 5.91 Å². The van der Waals surface area contributed by atoms with Crippen molar-refractivity contribution in [3.63, 3.8) is 0 Å². The predicted molar refractivity (Wildman–Crippen MR) is 118 cm³/mol. The van der Waals surface area contributed by atoms with E-state index in [-0.39, 0.29) is 17.1 Å². The van der Waals surface area contributed by atoms with E-state index in [1.807, 2.05) is 54.6 Å². The fraction of sp³-hybridized carbons (Fsp3) is 0.167. The molecule has 2 amide bonds. The molecule has 3 aromatic rings. The first-order chi connectivity index (χ1) is 14.0. The zero-order valence-electron chi connectivity index (χ0n) is 16.3. The van der Waals surface area contributed by atoms with E-state index in [0.717, 1.165) is 16.0 Å². The monoisotopic (exact) mass is 404 g/mol. The van der Waals surface area contributed by atoms with Gasteiger partial charge in [0, 0.05) is 16.9 Å². The molecular weight excluding hydrogens is 380 g/mol. The summed E-state index contributed by atoms with van der Waals surface area (Å²) in [4.78, 5) is 24.8. The third-order valence-electron chi connectivity index (χ3n) is 4.93. The largest absolute Gasteiger partial charge is 0.369 e. The minimum atomic E-state index is -0.411. The molecule has 0 aliphatic rings. The van der Waals surface area contributed by atoms with Crippen LogP contribution in [0.5, 0.6) is 0 Å². The van der Waals surface area contributed by atoms with Gasteiger partial charge in [-0.2, -0.15) is 0 Å². The molecule has 4 nitrogen and oxygen atoms in total. The summed E-state index contributed by atoms with van der Waals surface area (Å²) in [6.45, 7) is 2.57. The van der Waals surface area contributed by atoms with Crippen LogP contribution in [0.2, 0.25) is 0 Å². The number of primary amides is 1. The number of thioether (sulfide) groups is 1. The number of hydrogen-bond acceptors (Lipinski definition) is 3. The molecule has 0 spiro atoms. The van der Waals surface area contributed by atoms with E-state index in [2.05, 4.69) is 36.5 Å². The molecule has 3 N–H and O–H groups in total. The van der Waals surface area contributed by atoms with E-state index in [0.29, 0.717) is 12.1 Å². The molecule has 3 rings (SSSR count). The number of rotatable bonds is 8. The average Bonchev–Trinajstić information content (AvgIpc) is 2.77. The van der Waals surface area contributed by atoms with Crippen LogP contribution in [-0.4, -0.2) is 24.1 Å². The first kappa shape index (κ1) is 20.7. The van der Waals surface area contributed by atoms with Crippen molar-refractivity contribution in [3.8, 4) is 0 Å². The third-order valence-corrected chi connectivity index (χ3v) is 6.02. The molecule has 0 unspecified atom stereocenters. The van der Waals surface area contributed by atoms with Gasteiger partial charge in [0.25, 0.3) is 5.91 Å². The third kappa shape index (κ3) is 5.06. The maximum absolute atomic E-state index is 13.0. The van der Waals surface area contributed by atoms with Gasteiger partial charge in [-0.1, -0.05) is 72.8 Å². The minimum Gasteiger partial charge on any atom is -0.369 e. The predicted octanol–water partition coefficient (Wildman–Crippen LogP) is 4.00. The van der Waals surface area contributed by atoms with Crippen molar-refractivity contribution in [3.05, 3.63) is 102 Å². The molecule has 0 atom stereocenters. The Morgan fingerprint density at radius 2 is 1.38 bits per heavy atom. The Morgan fingerprint density at radius 3 is 1.93 bits per heavy atom. The molecule has 0 heterocycles. The van der Waals surface area contributed by atoms with Crippen LogP contribution in [0, 0.1) is 0 Å². The smallest absolute Gasteiger partial charge is 0.252 e. The summed E-state index contributed by atoms with van der Waals surface area (Å²) < 4.78 is 0. The van der Waals surface area contributed by atoms with Gasteiger partial charge in [0.15, 0.2) is 0 Å². The summed E-state index contributed by atoms with van der Waals surface area (Å²) >= 11 is 1.27. The van der Waals surface area contributed by atoms with Gasteiger partial charge in [0.1, 0.15) is 0 Å². The van der Waals surface area contributed by atoms with E-state index in [1.165, 1.54) is 11.8 Å². The molecule has 0 bridgehead atoms. The van der Waals surface area contributed by atoms with E-state index >= 15 is 0 Å². The molecule has 3 aromatic carbocycles. The molecule has 0 aliphatic heterocycles. The van der Waals surface area contributed by atoms with Gasteiger partial charge in [0.05, 0.1) is 11.3 Å². The van der Waals surface area contributed by atoms with Gasteiger partial charge in [-0.05, 0) is 30.2 Å². The molecule has 29 heavy (non-hydrogen) atoms. The summed E-state index contributed by atoms with van der Waals surface area (Å²) in [7, 11) is 0. The number of amides is 2. The van der Waals surface area contributed by atoms with Crippen molar-refractivity contribution in [2.24, 2.45) is 5.73 Å². The van der Waals surface area contributed by atoms with Crippen LogP contribution in [-0.2, 0) is 10.2 Å². The van der Waals surface area contributed by atoms with Crippen molar-refractivity contribution in [2.75, 3.05) is 12.3 Å². The molecular formula is C24H24N2O2S. The van der Waals surface area contributed by atoms with Crippen LogP contribution in [0.4, 0.5) is 0 Å². The van der Waals surface area contributed by atoms with E-state index in [1.54, 1.807) is 6.07 Å². The first-order valence-electron chi connectivity index (χ1n) is 9.40. The fourth-order valence-electron chi connectivity index (χ4n) is 3.26. The van der Waals surface area contributed by atoms with Gasteiger partial charge in [-0.3, -0.25) is 9.59 Å². The second kappa shape index (κ2) is 9.43. The molecule has 148 valence electrons. The summed E-state index contributed by atoms with van der Waals surface area (Å²) in [5.41, 5.74) is 7.67. The van der Waals surface area contributed by atoms with Gasteiger partial charge in [0.2, 0.25) is 5.91 Å². The lowest BCUT2D eigenvalue weighted by molar-refractivity contribution is -0.115. The summed E-state index contributed by atoms with van der Waals surface area (Å²) in [6, 6.07) is 27.6. The molecule has 0 saturated carbocycles. The molecule has 5 heteroatoms. The Bertz CT molecular complexity index is 935. The van der Waals surface area contributed by atoms with Crippen molar-refractivity contribution >= 4 is 23.6 Å². The summed E-state index contributed by atoms with van der Waals surface area (Å²) in [6.07, 6.45) is 0. The van der Waals surface area contributed by atoms with Gasteiger partial charge < -0.3 is 11.1 Å². The van der Waals surface area contributed by atoms with Crippen molar-refractivity contribution in [1.82, 2.24) is 5.32 Å². The lowest BCUT2D eigenvalue weighted by Crippen LogP contribution is -2.39. The highest BCUT2D eigenvalue weighted by Gasteiger charge is 2.29. The highest BCUT2D eigenvalue weighted by Crippen LogP contribution is 2.31.